The zero-order valence-corrected chi connectivity index (χ0v) is 13.3. The molecule has 8 heteroatoms. The van der Waals surface area contributed by atoms with Crippen molar-refractivity contribution in [2.24, 2.45) is 0 Å². The van der Waals surface area contributed by atoms with Gasteiger partial charge in [-0.2, -0.15) is 10.1 Å². The van der Waals surface area contributed by atoms with Crippen molar-refractivity contribution in [2.75, 3.05) is 37.8 Å². The van der Waals surface area contributed by atoms with Crippen LogP contribution in [0.15, 0.2) is 24.4 Å². The minimum Gasteiger partial charge on any atom is -0.352 e. The second kappa shape index (κ2) is 7.40. The largest absolute Gasteiger partial charge is 0.352 e. The Hall–Kier alpha value is -1.63. The fourth-order valence-corrected chi connectivity index (χ4v) is 1.85. The lowest BCUT2D eigenvalue weighted by Crippen LogP contribution is -2.21. The quantitative estimate of drug-likeness (QED) is 0.850. The van der Waals surface area contributed by atoms with E-state index in [1.54, 1.807) is 18.3 Å². The molecular formula is C13H16Cl2N6. The Kier molecular flexibility index (Phi) is 5.55. The molecule has 0 atom stereocenters. The monoisotopic (exact) mass is 326 g/mol. The summed E-state index contributed by atoms with van der Waals surface area (Å²) in [6.45, 7) is 1.62. The lowest BCUT2D eigenvalue weighted by Gasteiger charge is -2.11. The summed E-state index contributed by atoms with van der Waals surface area (Å²) in [5, 5.41) is 15.0. The van der Waals surface area contributed by atoms with Crippen molar-refractivity contribution in [1.29, 1.82) is 0 Å². The maximum atomic E-state index is 5.97. The molecule has 2 aromatic rings. The van der Waals surface area contributed by atoms with Crippen LogP contribution in [0, 0.1) is 0 Å². The second-order valence-electron chi connectivity index (χ2n) is 4.65. The summed E-state index contributed by atoms with van der Waals surface area (Å²) < 4.78 is 0. The third kappa shape index (κ3) is 5.00. The van der Waals surface area contributed by atoms with Crippen LogP contribution in [-0.2, 0) is 0 Å². The molecule has 0 bridgehead atoms. The molecule has 0 unspecified atom stereocenters. The molecule has 1 heterocycles. The maximum absolute atomic E-state index is 5.97. The molecule has 1 aromatic heterocycles. The van der Waals surface area contributed by atoms with Crippen molar-refractivity contribution in [3.63, 3.8) is 0 Å². The molecule has 0 saturated carbocycles. The van der Waals surface area contributed by atoms with Gasteiger partial charge in [-0.3, -0.25) is 0 Å². The first-order valence-corrected chi connectivity index (χ1v) is 7.10. The molecule has 0 aliphatic rings. The van der Waals surface area contributed by atoms with E-state index in [2.05, 4.69) is 30.7 Å². The Morgan fingerprint density at radius 2 is 2.00 bits per heavy atom. The minimum atomic E-state index is 0.474. The van der Waals surface area contributed by atoms with Crippen LogP contribution in [0.2, 0.25) is 10.0 Å². The Balaban J connectivity index is 2.01. The Morgan fingerprint density at radius 1 is 1.19 bits per heavy atom. The van der Waals surface area contributed by atoms with Crippen LogP contribution in [-0.4, -0.2) is 47.3 Å². The highest BCUT2D eigenvalue weighted by Crippen LogP contribution is 2.26. The van der Waals surface area contributed by atoms with Gasteiger partial charge in [0.2, 0.25) is 5.95 Å². The summed E-state index contributed by atoms with van der Waals surface area (Å²) in [7, 11) is 4.01. The van der Waals surface area contributed by atoms with E-state index in [1.807, 2.05) is 20.2 Å². The van der Waals surface area contributed by atoms with Crippen LogP contribution < -0.4 is 10.6 Å². The van der Waals surface area contributed by atoms with E-state index in [9.17, 15) is 0 Å². The van der Waals surface area contributed by atoms with Crippen molar-refractivity contribution in [1.82, 2.24) is 20.1 Å². The second-order valence-corrected chi connectivity index (χ2v) is 5.46. The molecule has 0 amide bonds. The number of anilines is 3. The third-order valence-corrected chi connectivity index (χ3v) is 3.33. The molecule has 0 aliphatic carbocycles. The number of likely N-dealkylation sites (N-methyl/N-ethyl adjacent to an activating group) is 1. The molecule has 2 rings (SSSR count). The first-order chi connectivity index (χ1) is 10.0. The van der Waals surface area contributed by atoms with Crippen LogP contribution in [0.5, 0.6) is 0 Å². The van der Waals surface area contributed by atoms with Crippen LogP contribution in [0.1, 0.15) is 0 Å². The molecule has 21 heavy (non-hydrogen) atoms. The SMILES string of the molecule is CN(C)CCNc1nncc(Nc2ccc(Cl)c(Cl)c2)n1. The number of nitrogens with one attached hydrogen (secondary N) is 2. The van der Waals surface area contributed by atoms with Gasteiger partial charge in [0.25, 0.3) is 0 Å². The van der Waals surface area contributed by atoms with Crippen molar-refractivity contribution < 1.29 is 0 Å². The van der Waals surface area contributed by atoms with E-state index in [0.29, 0.717) is 21.8 Å². The number of hydrogen-bond acceptors (Lipinski definition) is 6. The van der Waals surface area contributed by atoms with E-state index in [4.69, 9.17) is 23.2 Å². The summed E-state index contributed by atoms with van der Waals surface area (Å²) in [6.07, 6.45) is 1.54. The molecule has 1 aromatic carbocycles. The predicted octanol–water partition coefficient (Wildman–Crippen LogP) is 2.90. The molecular weight excluding hydrogens is 311 g/mol. The van der Waals surface area contributed by atoms with Gasteiger partial charge in [-0.05, 0) is 32.3 Å². The fraction of sp³-hybridized carbons (Fsp3) is 0.308. The molecule has 112 valence electrons. The Labute approximate surface area is 133 Å². The van der Waals surface area contributed by atoms with Crippen LogP contribution in [0.3, 0.4) is 0 Å². The van der Waals surface area contributed by atoms with Gasteiger partial charge in [0, 0.05) is 18.8 Å². The van der Waals surface area contributed by atoms with Gasteiger partial charge < -0.3 is 15.5 Å². The molecule has 0 spiro atoms. The van der Waals surface area contributed by atoms with E-state index >= 15 is 0 Å². The molecule has 0 saturated heterocycles. The van der Waals surface area contributed by atoms with Gasteiger partial charge >= 0.3 is 0 Å². The standard InChI is InChI=1S/C13H16Cl2N6/c1-21(2)6-5-16-13-19-12(8-17-20-13)18-9-3-4-10(14)11(15)7-9/h3-4,7-8H,5-6H2,1-2H3,(H2,16,18,19,20). The molecule has 0 fully saturated rings. The lowest BCUT2D eigenvalue weighted by atomic mass is 10.3. The van der Waals surface area contributed by atoms with Crippen molar-refractivity contribution in [2.45, 2.75) is 0 Å². The third-order valence-electron chi connectivity index (χ3n) is 2.59. The summed E-state index contributed by atoms with van der Waals surface area (Å²) in [5.74, 6) is 1.05. The molecule has 0 aliphatic heterocycles. The molecule has 6 nitrogen and oxygen atoms in total. The average Bonchev–Trinajstić information content (AvgIpc) is 2.43. The van der Waals surface area contributed by atoms with Crippen molar-refractivity contribution in [3.8, 4) is 0 Å². The van der Waals surface area contributed by atoms with Gasteiger partial charge in [0.05, 0.1) is 16.2 Å². The topological polar surface area (TPSA) is 66.0 Å². The highest BCUT2D eigenvalue weighted by Gasteiger charge is 2.03. The lowest BCUT2D eigenvalue weighted by molar-refractivity contribution is 0.425. The van der Waals surface area contributed by atoms with Gasteiger partial charge in [0.1, 0.15) is 0 Å². The van der Waals surface area contributed by atoms with Crippen LogP contribution >= 0.6 is 23.2 Å². The number of nitrogens with zero attached hydrogens (tertiary/aromatic N) is 4. The van der Waals surface area contributed by atoms with Gasteiger partial charge in [-0.1, -0.05) is 23.2 Å². The summed E-state index contributed by atoms with van der Waals surface area (Å²) >= 11 is 11.9. The van der Waals surface area contributed by atoms with E-state index < -0.39 is 0 Å². The predicted molar refractivity (Wildman–Crippen MR) is 86.6 cm³/mol. The van der Waals surface area contributed by atoms with E-state index in [1.165, 1.54) is 0 Å². The highest BCUT2D eigenvalue weighted by atomic mass is 35.5. The first kappa shape index (κ1) is 15.8. The minimum absolute atomic E-state index is 0.474. The van der Waals surface area contributed by atoms with Gasteiger partial charge in [0.15, 0.2) is 5.82 Å². The summed E-state index contributed by atoms with van der Waals surface area (Å²) in [4.78, 5) is 6.39. The Morgan fingerprint density at radius 3 is 2.71 bits per heavy atom. The number of hydrogen-bond donors (Lipinski definition) is 2. The van der Waals surface area contributed by atoms with Gasteiger partial charge in [-0.25, -0.2) is 0 Å². The number of rotatable bonds is 6. The first-order valence-electron chi connectivity index (χ1n) is 6.35. The molecule has 0 radical (unpaired) electrons. The fourth-order valence-electron chi connectivity index (χ4n) is 1.55. The summed E-state index contributed by atoms with van der Waals surface area (Å²) in [5.41, 5.74) is 0.782. The average molecular weight is 327 g/mol. The smallest absolute Gasteiger partial charge is 0.244 e. The van der Waals surface area contributed by atoms with Crippen LogP contribution in [0.25, 0.3) is 0 Å². The Bertz CT molecular complexity index is 605. The number of benzene rings is 1. The normalized spacial score (nSPS) is 10.7. The number of halogens is 2. The maximum Gasteiger partial charge on any atom is 0.244 e. The van der Waals surface area contributed by atoms with E-state index in [0.717, 1.165) is 18.8 Å². The van der Waals surface area contributed by atoms with E-state index in [-0.39, 0.29) is 0 Å². The van der Waals surface area contributed by atoms with Crippen molar-refractivity contribution >= 4 is 40.7 Å². The van der Waals surface area contributed by atoms with Crippen LogP contribution in [0.4, 0.5) is 17.5 Å². The zero-order chi connectivity index (χ0) is 15.2. The summed E-state index contributed by atoms with van der Waals surface area (Å²) in [6, 6.07) is 5.26. The molecule has 2 N–H and O–H groups in total. The zero-order valence-electron chi connectivity index (χ0n) is 11.8. The van der Waals surface area contributed by atoms with Crippen molar-refractivity contribution in [3.05, 3.63) is 34.4 Å². The van der Waals surface area contributed by atoms with Gasteiger partial charge in [-0.15, -0.1) is 5.10 Å². The highest BCUT2D eigenvalue weighted by molar-refractivity contribution is 6.42. The number of aromatic nitrogens is 3.